The van der Waals surface area contributed by atoms with Crippen LogP contribution in [-0.2, 0) is 18.6 Å². The molecule has 0 aliphatic heterocycles. The Kier molecular flexibility index (Phi) is 9.87. The molecule has 0 aromatic carbocycles. The first-order chi connectivity index (χ1) is 2.27. The first kappa shape index (κ1) is 10.0. The largest absolute Gasteiger partial charge is 0.478 e. The predicted molar refractivity (Wildman–Crippen MR) is 26.0 cm³/mol. The Morgan fingerprint density at radius 3 is 2.00 bits per heavy atom. The van der Waals surface area contributed by atoms with Crippen LogP contribution in [0.15, 0.2) is 0 Å². The van der Waals surface area contributed by atoms with E-state index in [2.05, 4.69) is 8.93 Å². The van der Waals surface area contributed by atoms with Crippen molar-refractivity contribution in [2.75, 3.05) is 0 Å². The molecule has 2 unspecified atom stereocenters. The van der Waals surface area contributed by atoms with Crippen molar-refractivity contribution in [2.45, 2.75) is 0 Å². The third-order valence-electron chi connectivity index (χ3n) is 0.123. The van der Waals surface area contributed by atoms with E-state index in [1.807, 2.05) is 0 Å². The average Bonchev–Trinajstić information content (AvgIpc) is 1.38. The fourth-order valence-corrected chi connectivity index (χ4v) is 0. The van der Waals surface area contributed by atoms with Gasteiger partial charge in [-0.2, -0.15) is 0 Å². The van der Waals surface area contributed by atoms with Crippen LogP contribution in [0.5, 0.6) is 0 Å². The van der Waals surface area contributed by atoms with Gasteiger partial charge < -0.3 is 5.11 Å². The Balaban J connectivity index is 0. The maximum atomic E-state index is 9.36. The molecule has 5 heteroatoms. The SMILES string of the molecule is O=C(O)PP.[V]. The molecule has 0 saturated heterocycles. The van der Waals surface area contributed by atoms with E-state index >= 15 is 0 Å². The first-order valence-corrected chi connectivity index (χ1v) is 3.78. The molecule has 35 valence electrons. The number of carbonyl (C=O) groups is 1. The minimum atomic E-state index is -0.755. The van der Waals surface area contributed by atoms with Gasteiger partial charge in [-0.15, -0.1) is 8.93 Å². The van der Waals surface area contributed by atoms with Crippen molar-refractivity contribution in [2.24, 2.45) is 0 Å². The summed E-state index contributed by atoms with van der Waals surface area (Å²) in [6.45, 7) is 0. The smallest absolute Gasteiger partial charge is 0.324 e. The summed E-state index contributed by atoms with van der Waals surface area (Å²) in [5.41, 5.74) is -0.755. The van der Waals surface area contributed by atoms with Gasteiger partial charge in [0.1, 0.15) is 0 Å². The van der Waals surface area contributed by atoms with Gasteiger partial charge in [0.15, 0.2) is 0 Å². The van der Waals surface area contributed by atoms with E-state index in [4.69, 9.17) is 5.11 Å². The van der Waals surface area contributed by atoms with Gasteiger partial charge in [0, 0.05) is 26.8 Å². The van der Waals surface area contributed by atoms with Gasteiger partial charge >= 0.3 is 5.71 Å². The normalized spacial score (nSPS) is 8.17. The average molecular weight is 161 g/mol. The molecule has 6 heavy (non-hydrogen) atoms. The van der Waals surface area contributed by atoms with Gasteiger partial charge in [0.25, 0.3) is 0 Å². The van der Waals surface area contributed by atoms with Crippen molar-refractivity contribution >= 4 is 22.9 Å². The second-order valence-corrected chi connectivity index (χ2v) is 2.03. The van der Waals surface area contributed by atoms with Crippen molar-refractivity contribution < 1.29 is 28.5 Å². The molecule has 0 saturated carbocycles. The van der Waals surface area contributed by atoms with Crippen LogP contribution < -0.4 is 0 Å². The maximum absolute atomic E-state index is 9.36. The van der Waals surface area contributed by atoms with Crippen LogP contribution in [0.4, 0.5) is 4.79 Å². The van der Waals surface area contributed by atoms with E-state index in [0.29, 0.717) is 0 Å². The monoisotopic (exact) mass is 161 g/mol. The Morgan fingerprint density at radius 2 is 2.00 bits per heavy atom. The first-order valence-electron chi connectivity index (χ1n) is 0.966. The zero-order valence-corrected chi connectivity index (χ0v) is 6.43. The predicted octanol–water partition coefficient (Wildman–Crippen LogP) is 1.13. The molecule has 0 aliphatic rings. The van der Waals surface area contributed by atoms with Crippen molar-refractivity contribution in [1.29, 1.82) is 0 Å². The molecule has 0 aromatic rings. The molecule has 1 N–H and O–H groups in total. The number of rotatable bonds is 1. The fourth-order valence-electron chi connectivity index (χ4n) is 0. The van der Waals surface area contributed by atoms with Crippen molar-refractivity contribution in [1.82, 2.24) is 0 Å². The van der Waals surface area contributed by atoms with Crippen molar-refractivity contribution in [3.05, 3.63) is 0 Å². The molecular weight excluding hydrogens is 157 g/mol. The van der Waals surface area contributed by atoms with E-state index in [1.165, 1.54) is 0 Å². The third kappa shape index (κ3) is 8.87. The molecular formula is CH4O2P2V. The number of hydrogen-bond acceptors (Lipinski definition) is 1. The number of carboxylic acid groups (broad SMARTS) is 1. The van der Waals surface area contributed by atoms with E-state index in [0.717, 1.165) is 0 Å². The van der Waals surface area contributed by atoms with Gasteiger partial charge in [-0.05, 0) is 0 Å². The standard InChI is InChI=1S/CH4O2P2.V/c2-1(3)5-4;/h5H,4H2,(H,2,3);. The fraction of sp³-hybridized carbons (Fsp3) is 0. The van der Waals surface area contributed by atoms with E-state index in [-0.39, 0.29) is 26.8 Å². The van der Waals surface area contributed by atoms with Crippen LogP contribution in [-0.4, -0.2) is 10.8 Å². The zero-order valence-electron chi connectivity index (χ0n) is 2.88. The second kappa shape index (κ2) is 5.91. The molecule has 0 rings (SSSR count). The summed E-state index contributed by atoms with van der Waals surface area (Å²) < 4.78 is 0. The summed E-state index contributed by atoms with van der Waals surface area (Å²) >= 11 is 0. The summed E-state index contributed by atoms with van der Waals surface area (Å²) in [4.78, 5) is 9.36. The molecule has 0 spiro atoms. The Labute approximate surface area is 51.8 Å². The summed E-state index contributed by atoms with van der Waals surface area (Å²) in [6.07, 6.45) is 0. The third-order valence-corrected chi connectivity index (χ3v) is 1.11. The molecule has 0 aliphatic carbocycles. The van der Waals surface area contributed by atoms with Crippen LogP contribution in [0.2, 0.25) is 0 Å². The van der Waals surface area contributed by atoms with Gasteiger partial charge in [-0.3, -0.25) is 0 Å². The van der Waals surface area contributed by atoms with Gasteiger partial charge in [0.05, 0.1) is 0 Å². The van der Waals surface area contributed by atoms with Crippen LogP contribution in [0.1, 0.15) is 0 Å². The quantitative estimate of drug-likeness (QED) is 0.585. The molecule has 2 atom stereocenters. The Morgan fingerprint density at radius 1 is 1.83 bits per heavy atom. The molecule has 0 heterocycles. The molecule has 0 aromatic heterocycles. The van der Waals surface area contributed by atoms with E-state index < -0.39 is 5.71 Å². The van der Waals surface area contributed by atoms with Gasteiger partial charge in [-0.25, -0.2) is 4.79 Å². The summed E-state index contributed by atoms with van der Waals surface area (Å²) in [5, 5.41) is 7.71. The molecule has 1 radical (unpaired) electrons. The summed E-state index contributed by atoms with van der Waals surface area (Å²) in [7, 11) is 2.07. The van der Waals surface area contributed by atoms with Crippen LogP contribution >= 0.6 is 17.2 Å². The molecule has 0 amide bonds. The van der Waals surface area contributed by atoms with Crippen LogP contribution in [0, 0.1) is 0 Å². The summed E-state index contributed by atoms with van der Waals surface area (Å²) in [5.74, 6) is 0. The minimum Gasteiger partial charge on any atom is -0.478 e. The van der Waals surface area contributed by atoms with Gasteiger partial charge in [0.2, 0.25) is 0 Å². The summed E-state index contributed by atoms with van der Waals surface area (Å²) in [6, 6.07) is 0. The van der Waals surface area contributed by atoms with Crippen molar-refractivity contribution in [3.8, 4) is 0 Å². The van der Waals surface area contributed by atoms with E-state index in [1.54, 1.807) is 0 Å². The van der Waals surface area contributed by atoms with Gasteiger partial charge in [-0.1, -0.05) is 0 Å². The van der Waals surface area contributed by atoms with E-state index in [9.17, 15) is 4.79 Å². The number of hydrogen-bond donors (Lipinski definition) is 1. The Hall–Kier alpha value is 0.914. The molecule has 0 fully saturated rings. The van der Waals surface area contributed by atoms with Crippen LogP contribution in [0.3, 0.4) is 0 Å². The molecule has 2 nitrogen and oxygen atoms in total. The second-order valence-electron chi connectivity index (χ2n) is 0.449. The maximum Gasteiger partial charge on any atom is 0.324 e. The topological polar surface area (TPSA) is 37.3 Å². The molecule has 0 bridgehead atoms. The minimum absolute atomic E-state index is 0. The van der Waals surface area contributed by atoms with Crippen molar-refractivity contribution in [3.63, 3.8) is 0 Å². The van der Waals surface area contributed by atoms with Crippen LogP contribution in [0.25, 0.3) is 0 Å². The zero-order chi connectivity index (χ0) is 4.28. The Bertz CT molecular complexity index is 46.8.